The topological polar surface area (TPSA) is 35.6 Å². The smallest absolute Gasteiger partial charge is 0.257 e. The van der Waals surface area contributed by atoms with Crippen LogP contribution in [0.15, 0.2) is 29.2 Å². The van der Waals surface area contributed by atoms with Crippen molar-refractivity contribution in [2.24, 2.45) is 0 Å². The molecule has 2 aliphatic heterocycles. The number of carbonyl (C=O) groups is 1. The Morgan fingerprint density at radius 1 is 1.21 bits per heavy atom. The van der Waals surface area contributed by atoms with Crippen LogP contribution in [0.2, 0.25) is 5.02 Å². The zero-order valence-corrected chi connectivity index (χ0v) is 19.2. The van der Waals surface area contributed by atoms with Crippen molar-refractivity contribution in [3.63, 3.8) is 0 Å². The molecule has 2 aromatic rings. The number of carbonyl (C=O) groups excluding carboxylic acids is 1. The van der Waals surface area contributed by atoms with E-state index in [0.29, 0.717) is 6.54 Å². The Kier molecular flexibility index (Phi) is 6.54. The number of hydrogen-bond donors (Lipinski definition) is 1. The van der Waals surface area contributed by atoms with E-state index in [1.165, 1.54) is 26.6 Å². The van der Waals surface area contributed by atoms with Crippen LogP contribution in [0.3, 0.4) is 0 Å². The molecule has 1 aromatic heterocycles. The van der Waals surface area contributed by atoms with Gasteiger partial charge in [0, 0.05) is 65.5 Å². The normalized spacial score (nSPS) is 17.1. The molecule has 1 amide bonds. The lowest BCUT2D eigenvalue weighted by atomic mass is 10.1. The molecule has 2 aliphatic rings. The fraction of sp³-hybridized carbons (Fsp3) is 0.409. The van der Waals surface area contributed by atoms with Crippen molar-refractivity contribution in [2.75, 3.05) is 44.2 Å². The number of aryl methyl sites for hydroxylation is 1. The Labute approximate surface area is 185 Å². The maximum atomic E-state index is 12.6. The first-order valence-corrected chi connectivity index (χ1v) is 12.1. The fourth-order valence-electron chi connectivity index (χ4n) is 3.76. The molecule has 7 heteroatoms. The van der Waals surface area contributed by atoms with Gasteiger partial charge in [-0.05, 0) is 49.2 Å². The minimum absolute atomic E-state index is 0.0573. The Morgan fingerprint density at radius 2 is 2.00 bits per heavy atom. The van der Waals surface area contributed by atoms with Gasteiger partial charge in [0.25, 0.3) is 5.91 Å². The van der Waals surface area contributed by atoms with Crippen LogP contribution in [-0.4, -0.2) is 50.1 Å². The van der Waals surface area contributed by atoms with E-state index in [2.05, 4.69) is 41.1 Å². The van der Waals surface area contributed by atoms with E-state index in [-0.39, 0.29) is 5.91 Å². The molecule has 4 nitrogen and oxygen atoms in total. The molecule has 3 heterocycles. The molecular formula is C22H26ClN3OS2. The average molecular weight is 448 g/mol. The van der Waals surface area contributed by atoms with Crippen LogP contribution in [0, 0.1) is 13.8 Å². The summed E-state index contributed by atoms with van der Waals surface area (Å²) in [6, 6.07) is 8.04. The molecule has 0 atom stereocenters. The highest BCUT2D eigenvalue weighted by molar-refractivity contribution is 8.03. The second kappa shape index (κ2) is 9.13. The molecule has 1 aromatic carbocycles. The number of nitrogens with zero attached hydrogens (tertiary/aromatic N) is 2. The summed E-state index contributed by atoms with van der Waals surface area (Å²) in [5.74, 6) is 0.956. The summed E-state index contributed by atoms with van der Waals surface area (Å²) >= 11 is 9.55. The monoisotopic (exact) mass is 447 g/mol. The van der Waals surface area contributed by atoms with Crippen molar-refractivity contribution in [3.8, 4) is 0 Å². The van der Waals surface area contributed by atoms with Gasteiger partial charge in [0.15, 0.2) is 0 Å². The van der Waals surface area contributed by atoms with E-state index >= 15 is 0 Å². The van der Waals surface area contributed by atoms with Gasteiger partial charge >= 0.3 is 0 Å². The molecule has 0 bridgehead atoms. The van der Waals surface area contributed by atoms with Crippen molar-refractivity contribution in [2.45, 2.75) is 19.6 Å². The number of hydrogen-bond acceptors (Lipinski definition) is 5. The molecule has 0 radical (unpaired) electrons. The first-order valence-electron chi connectivity index (χ1n) is 9.95. The predicted octanol–water partition coefficient (Wildman–Crippen LogP) is 4.54. The van der Waals surface area contributed by atoms with Crippen molar-refractivity contribution in [3.05, 3.63) is 55.1 Å². The maximum absolute atomic E-state index is 12.6. The highest BCUT2D eigenvalue weighted by Gasteiger charge is 2.21. The summed E-state index contributed by atoms with van der Waals surface area (Å²) in [5.41, 5.74) is 3.96. The molecule has 4 rings (SSSR count). The summed E-state index contributed by atoms with van der Waals surface area (Å²) < 4.78 is 0. The third-order valence-electron chi connectivity index (χ3n) is 5.66. The van der Waals surface area contributed by atoms with E-state index in [1.54, 1.807) is 23.1 Å². The van der Waals surface area contributed by atoms with Crippen LogP contribution in [0.1, 0.15) is 20.9 Å². The summed E-state index contributed by atoms with van der Waals surface area (Å²) in [6.45, 7) is 9.86. The molecule has 154 valence electrons. The zero-order valence-electron chi connectivity index (χ0n) is 16.8. The van der Waals surface area contributed by atoms with Gasteiger partial charge in [-0.15, -0.1) is 23.1 Å². The molecule has 0 aliphatic carbocycles. The van der Waals surface area contributed by atoms with Gasteiger partial charge < -0.3 is 10.2 Å². The van der Waals surface area contributed by atoms with E-state index < -0.39 is 0 Å². The standard InChI is InChI=1S/C22H26ClN3OS2/c1-15-16(2)29-20-13-21(28-14-19(15)20)22(27)24-6-7-25-8-10-26(11-9-25)18-5-3-4-17(23)12-18/h3-5,12-13H,6-11,14H2,1-2H3,(H,24,27). The number of amides is 1. The quantitative estimate of drug-likeness (QED) is 0.729. The number of rotatable bonds is 5. The maximum Gasteiger partial charge on any atom is 0.257 e. The van der Waals surface area contributed by atoms with Gasteiger partial charge in [-0.3, -0.25) is 9.69 Å². The third kappa shape index (κ3) is 4.82. The predicted molar refractivity (Wildman–Crippen MR) is 126 cm³/mol. The third-order valence-corrected chi connectivity index (χ3v) is 8.14. The summed E-state index contributed by atoms with van der Waals surface area (Å²) in [5, 5.41) is 3.89. The number of halogens is 1. The molecule has 0 unspecified atom stereocenters. The van der Waals surface area contributed by atoms with E-state index in [0.717, 1.165) is 48.4 Å². The molecule has 1 fully saturated rings. The minimum atomic E-state index is 0.0573. The number of benzene rings is 1. The van der Waals surface area contributed by atoms with E-state index in [1.807, 2.05) is 18.2 Å². The molecule has 1 N–H and O–H groups in total. The molecular weight excluding hydrogens is 422 g/mol. The van der Waals surface area contributed by atoms with E-state index in [4.69, 9.17) is 11.6 Å². The van der Waals surface area contributed by atoms with Crippen molar-refractivity contribution >= 4 is 52.4 Å². The highest BCUT2D eigenvalue weighted by atomic mass is 35.5. The second-order valence-corrected chi connectivity index (χ2v) is 10.2. The molecule has 29 heavy (non-hydrogen) atoms. The molecule has 0 saturated carbocycles. The van der Waals surface area contributed by atoms with Crippen LogP contribution in [-0.2, 0) is 10.5 Å². The van der Waals surface area contributed by atoms with Gasteiger partial charge in [-0.1, -0.05) is 17.7 Å². The van der Waals surface area contributed by atoms with Crippen LogP contribution >= 0.6 is 34.7 Å². The Morgan fingerprint density at radius 3 is 2.76 bits per heavy atom. The number of nitrogens with one attached hydrogen (secondary N) is 1. The minimum Gasteiger partial charge on any atom is -0.369 e. The van der Waals surface area contributed by atoms with Crippen LogP contribution in [0.25, 0.3) is 6.08 Å². The van der Waals surface area contributed by atoms with Crippen LogP contribution < -0.4 is 10.2 Å². The lowest BCUT2D eigenvalue weighted by Crippen LogP contribution is -2.48. The number of anilines is 1. The Hall–Kier alpha value is -1.47. The van der Waals surface area contributed by atoms with Crippen LogP contribution in [0.4, 0.5) is 5.69 Å². The number of thiophene rings is 1. The Bertz CT molecular complexity index is 932. The fourth-order valence-corrected chi connectivity index (χ4v) is 6.31. The zero-order chi connectivity index (χ0) is 20.4. The number of thioether (sulfide) groups is 1. The summed E-state index contributed by atoms with van der Waals surface area (Å²) in [4.78, 5) is 20.8. The summed E-state index contributed by atoms with van der Waals surface area (Å²) in [7, 11) is 0. The largest absolute Gasteiger partial charge is 0.369 e. The first-order chi connectivity index (χ1) is 14.0. The van der Waals surface area contributed by atoms with E-state index in [9.17, 15) is 4.79 Å². The molecule has 0 spiro atoms. The SMILES string of the molecule is Cc1sc2c(c1C)CSC(C(=O)NCCN1CCN(c3cccc(Cl)c3)CC1)=C2. The Balaban J connectivity index is 1.23. The number of piperazine rings is 1. The van der Waals surface area contributed by atoms with Gasteiger partial charge in [0.05, 0.1) is 4.91 Å². The van der Waals surface area contributed by atoms with Crippen LogP contribution in [0.5, 0.6) is 0 Å². The average Bonchev–Trinajstić information content (AvgIpc) is 3.01. The second-order valence-electron chi connectivity index (χ2n) is 7.49. The van der Waals surface area contributed by atoms with Gasteiger partial charge in [0.1, 0.15) is 0 Å². The lowest BCUT2D eigenvalue weighted by Gasteiger charge is -2.36. The van der Waals surface area contributed by atoms with Crippen molar-refractivity contribution in [1.82, 2.24) is 10.2 Å². The lowest BCUT2D eigenvalue weighted by molar-refractivity contribution is -0.116. The van der Waals surface area contributed by atoms with Crippen molar-refractivity contribution in [1.29, 1.82) is 0 Å². The summed E-state index contributed by atoms with van der Waals surface area (Å²) in [6.07, 6.45) is 2.06. The molecule has 1 saturated heterocycles. The highest BCUT2D eigenvalue weighted by Crippen LogP contribution is 2.39. The van der Waals surface area contributed by atoms with Gasteiger partial charge in [-0.2, -0.15) is 0 Å². The van der Waals surface area contributed by atoms with Gasteiger partial charge in [-0.25, -0.2) is 0 Å². The van der Waals surface area contributed by atoms with Gasteiger partial charge in [0.2, 0.25) is 0 Å². The van der Waals surface area contributed by atoms with Crippen molar-refractivity contribution < 1.29 is 4.79 Å². The first kappa shape index (κ1) is 20.8. The number of fused-ring (bicyclic) bond motifs is 1.